The Kier molecular flexibility index (Phi) is 4.36. The van der Waals surface area contributed by atoms with Crippen molar-refractivity contribution in [3.05, 3.63) is 0 Å². The molecule has 0 spiro atoms. The lowest BCUT2D eigenvalue weighted by Gasteiger charge is -2.59. The standard InChI is InChI=1S/C20H33NO4/c1-18(2,3)24-16(22)21(17(23)25-19(4,5)6)20-10-13-7-14(11-20)9-15(8-13)12-20/h13-15H,7-12H2,1-6H3. The van der Waals surface area contributed by atoms with Crippen LogP contribution in [-0.4, -0.2) is 33.8 Å². The van der Waals surface area contributed by atoms with Crippen LogP contribution in [0, 0.1) is 17.8 Å². The Bertz CT molecular complexity index is 492. The van der Waals surface area contributed by atoms with E-state index < -0.39 is 28.9 Å². The second-order valence-corrected chi connectivity index (χ2v) is 10.4. The fourth-order valence-corrected chi connectivity index (χ4v) is 5.42. The van der Waals surface area contributed by atoms with Crippen LogP contribution < -0.4 is 0 Å². The smallest absolute Gasteiger partial charge is 0.420 e. The largest absolute Gasteiger partial charge is 0.443 e. The normalized spacial score (nSPS) is 33.9. The van der Waals surface area contributed by atoms with Gasteiger partial charge in [0.1, 0.15) is 11.2 Å². The highest BCUT2D eigenvalue weighted by Crippen LogP contribution is 2.58. The molecule has 2 amide bonds. The van der Waals surface area contributed by atoms with Gasteiger partial charge in [-0.25, -0.2) is 14.5 Å². The second kappa shape index (κ2) is 5.88. The number of rotatable bonds is 1. The van der Waals surface area contributed by atoms with Gasteiger partial charge >= 0.3 is 12.2 Å². The molecule has 4 fully saturated rings. The highest BCUT2D eigenvalue weighted by molar-refractivity contribution is 5.89. The van der Waals surface area contributed by atoms with Crippen LogP contribution in [0.2, 0.25) is 0 Å². The summed E-state index contributed by atoms with van der Waals surface area (Å²) in [5, 5.41) is 0. The monoisotopic (exact) mass is 351 g/mol. The maximum Gasteiger partial charge on any atom is 0.420 e. The summed E-state index contributed by atoms with van der Waals surface area (Å²) in [5.41, 5.74) is -1.70. The molecule has 0 aliphatic heterocycles. The number of carbonyl (C=O) groups excluding carboxylic acids is 2. The first-order valence-corrected chi connectivity index (χ1v) is 9.63. The molecule has 4 saturated carbocycles. The number of carbonyl (C=O) groups is 2. The molecule has 0 heterocycles. The fourth-order valence-electron chi connectivity index (χ4n) is 5.42. The van der Waals surface area contributed by atoms with Gasteiger partial charge in [-0.2, -0.15) is 0 Å². The molecule has 5 nitrogen and oxygen atoms in total. The minimum absolute atomic E-state index is 0.417. The van der Waals surface area contributed by atoms with E-state index in [-0.39, 0.29) is 0 Å². The molecule has 0 aromatic heterocycles. The van der Waals surface area contributed by atoms with E-state index in [9.17, 15) is 9.59 Å². The number of imide groups is 1. The minimum atomic E-state index is -0.639. The van der Waals surface area contributed by atoms with Crippen molar-refractivity contribution >= 4 is 12.2 Å². The van der Waals surface area contributed by atoms with E-state index in [2.05, 4.69) is 0 Å². The lowest BCUT2D eigenvalue weighted by Crippen LogP contribution is -2.64. The van der Waals surface area contributed by atoms with Crippen molar-refractivity contribution in [2.75, 3.05) is 0 Å². The van der Waals surface area contributed by atoms with Crippen LogP contribution in [0.1, 0.15) is 80.1 Å². The van der Waals surface area contributed by atoms with Gasteiger partial charge < -0.3 is 9.47 Å². The molecule has 0 aromatic rings. The zero-order valence-corrected chi connectivity index (χ0v) is 16.6. The Morgan fingerprint density at radius 1 is 0.760 bits per heavy atom. The number of ether oxygens (including phenoxy) is 2. The van der Waals surface area contributed by atoms with Crippen LogP contribution in [-0.2, 0) is 9.47 Å². The van der Waals surface area contributed by atoms with E-state index >= 15 is 0 Å². The Hall–Kier alpha value is -1.26. The van der Waals surface area contributed by atoms with Crippen molar-refractivity contribution in [2.45, 2.75) is 96.8 Å². The van der Waals surface area contributed by atoms with Crippen molar-refractivity contribution in [1.82, 2.24) is 4.90 Å². The van der Waals surface area contributed by atoms with Crippen LogP contribution in [0.15, 0.2) is 0 Å². The van der Waals surface area contributed by atoms with Gasteiger partial charge in [0.05, 0.1) is 5.54 Å². The predicted octanol–water partition coefficient (Wildman–Crippen LogP) is 5.13. The van der Waals surface area contributed by atoms with E-state index in [1.54, 1.807) is 0 Å². The highest BCUT2D eigenvalue weighted by atomic mass is 16.6. The highest BCUT2D eigenvalue weighted by Gasteiger charge is 2.58. The summed E-state index contributed by atoms with van der Waals surface area (Å²) in [6.45, 7) is 11.0. The Morgan fingerprint density at radius 2 is 1.08 bits per heavy atom. The summed E-state index contributed by atoms with van der Waals surface area (Å²) in [7, 11) is 0. The maximum atomic E-state index is 13.0. The van der Waals surface area contributed by atoms with Crippen molar-refractivity contribution in [3.8, 4) is 0 Å². The van der Waals surface area contributed by atoms with Gasteiger partial charge in [-0.1, -0.05) is 0 Å². The van der Waals surface area contributed by atoms with Gasteiger partial charge in [-0.05, 0) is 97.8 Å². The first kappa shape index (κ1) is 18.5. The number of amides is 2. The topological polar surface area (TPSA) is 55.8 Å². The number of hydrogen-bond acceptors (Lipinski definition) is 4. The minimum Gasteiger partial charge on any atom is -0.443 e. The molecule has 0 atom stereocenters. The first-order chi connectivity index (χ1) is 11.4. The van der Waals surface area contributed by atoms with Gasteiger partial charge in [0.25, 0.3) is 0 Å². The Balaban J connectivity index is 1.91. The molecule has 4 bridgehead atoms. The van der Waals surface area contributed by atoms with Crippen LogP contribution in [0.25, 0.3) is 0 Å². The molecule has 0 radical (unpaired) electrons. The van der Waals surface area contributed by atoms with Crippen molar-refractivity contribution in [1.29, 1.82) is 0 Å². The van der Waals surface area contributed by atoms with Crippen molar-refractivity contribution < 1.29 is 19.1 Å². The van der Waals surface area contributed by atoms with Crippen LogP contribution >= 0.6 is 0 Å². The van der Waals surface area contributed by atoms with E-state index in [4.69, 9.17) is 9.47 Å². The van der Waals surface area contributed by atoms with Gasteiger partial charge in [-0.15, -0.1) is 0 Å². The fraction of sp³-hybridized carbons (Fsp3) is 0.900. The first-order valence-electron chi connectivity index (χ1n) is 9.63. The molecule has 0 saturated heterocycles. The predicted molar refractivity (Wildman–Crippen MR) is 95.2 cm³/mol. The lowest BCUT2D eigenvalue weighted by molar-refractivity contribution is -0.0908. The SMILES string of the molecule is CC(C)(C)OC(=O)N(C(=O)OC(C)(C)C)C12CC3CC(CC(C3)C1)C2. The lowest BCUT2D eigenvalue weighted by atomic mass is 9.52. The molecule has 0 unspecified atom stereocenters. The van der Waals surface area contributed by atoms with E-state index in [1.165, 1.54) is 24.2 Å². The Labute approximate surface area is 151 Å². The third-order valence-electron chi connectivity index (χ3n) is 5.63. The molecule has 4 rings (SSSR count). The molecule has 142 valence electrons. The average molecular weight is 351 g/mol. The van der Waals surface area contributed by atoms with Crippen LogP contribution in [0.5, 0.6) is 0 Å². The average Bonchev–Trinajstić information content (AvgIpc) is 2.30. The van der Waals surface area contributed by atoms with Crippen molar-refractivity contribution in [3.63, 3.8) is 0 Å². The van der Waals surface area contributed by atoms with Gasteiger partial charge in [0.2, 0.25) is 0 Å². The van der Waals surface area contributed by atoms with Gasteiger partial charge in [0.15, 0.2) is 0 Å². The molecular weight excluding hydrogens is 318 g/mol. The molecular formula is C20H33NO4. The van der Waals surface area contributed by atoms with E-state index in [0.717, 1.165) is 19.3 Å². The van der Waals surface area contributed by atoms with Crippen LogP contribution in [0.3, 0.4) is 0 Å². The molecule has 4 aliphatic carbocycles. The number of nitrogens with zero attached hydrogens (tertiary/aromatic N) is 1. The molecule has 0 aromatic carbocycles. The third-order valence-corrected chi connectivity index (χ3v) is 5.63. The summed E-state index contributed by atoms with van der Waals surface area (Å²) >= 11 is 0. The van der Waals surface area contributed by atoms with E-state index in [0.29, 0.717) is 17.8 Å². The number of hydrogen-bond donors (Lipinski definition) is 0. The summed E-state index contributed by atoms with van der Waals surface area (Å²) in [6, 6.07) is 0. The van der Waals surface area contributed by atoms with Gasteiger partial charge in [0, 0.05) is 0 Å². The Morgan fingerprint density at radius 3 is 1.36 bits per heavy atom. The molecule has 4 aliphatic rings. The van der Waals surface area contributed by atoms with Crippen LogP contribution in [0.4, 0.5) is 9.59 Å². The van der Waals surface area contributed by atoms with Crippen molar-refractivity contribution in [2.24, 2.45) is 17.8 Å². The second-order valence-electron chi connectivity index (χ2n) is 10.4. The zero-order valence-electron chi connectivity index (χ0n) is 16.6. The summed E-state index contributed by atoms with van der Waals surface area (Å²) in [6.07, 6.45) is 5.33. The van der Waals surface area contributed by atoms with Gasteiger partial charge in [-0.3, -0.25) is 0 Å². The molecule has 0 N–H and O–H groups in total. The molecule has 5 heteroatoms. The maximum absolute atomic E-state index is 13.0. The molecule has 25 heavy (non-hydrogen) atoms. The summed E-state index contributed by atoms with van der Waals surface area (Å²) in [5.74, 6) is 1.87. The summed E-state index contributed by atoms with van der Waals surface area (Å²) < 4.78 is 11.2. The third kappa shape index (κ3) is 3.95. The quantitative estimate of drug-likeness (QED) is 0.657. The van der Waals surface area contributed by atoms with E-state index in [1.807, 2.05) is 41.5 Å². The summed E-state index contributed by atoms with van der Waals surface area (Å²) in [4.78, 5) is 27.4. The zero-order chi connectivity index (χ0) is 18.6.